The number of benzene rings is 3. The van der Waals surface area contributed by atoms with Gasteiger partial charge in [-0.1, -0.05) is 41.0 Å². The predicted octanol–water partition coefficient (Wildman–Crippen LogP) is 6.67. The number of aromatic nitrogens is 1. The number of hydrogen-bond acceptors (Lipinski definition) is 5. The van der Waals surface area contributed by atoms with Crippen molar-refractivity contribution in [2.24, 2.45) is 0 Å². The first kappa shape index (κ1) is 21.6. The van der Waals surface area contributed by atoms with Crippen molar-refractivity contribution in [3.05, 3.63) is 106 Å². The second-order valence-corrected chi connectivity index (χ2v) is 8.07. The molecule has 0 bridgehead atoms. The number of anilines is 1. The number of ketones is 1. The van der Waals surface area contributed by atoms with Gasteiger partial charge in [-0.25, -0.2) is 4.39 Å². The minimum atomic E-state index is -0.598. The van der Waals surface area contributed by atoms with Crippen LogP contribution in [0.2, 0.25) is 5.02 Å². The first-order chi connectivity index (χ1) is 16.4. The van der Waals surface area contributed by atoms with E-state index in [0.717, 1.165) is 6.07 Å². The van der Waals surface area contributed by atoms with Crippen LogP contribution in [-0.4, -0.2) is 16.8 Å². The lowest BCUT2D eigenvalue weighted by Gasteiger charge is -2.05. The maximum atomic E-state index is 14.1. The number of furan rings is 1. The Bertz CT molecular complexity index is 1550. The Kier molecular flexibility index (Phi) is 5.47. The molecule has 8 heteroatoms. The van der Waals surface area contributed by atoms with E-state index in [1.54, 1.807) is 55.5 Å². The lowest BCUT2D eigenvalue weighted by Crippen LogP contribution is -2.14. The van der Waals surface area contributed by atoms with E-state index >= 15 is 0 Å². The molecule has 0 aliphatic carbocycles. The summed E-state index contributed by atoms with van der Waals surface area (Å²) in [6.45, 7) is 1.60. The highest BCUT2D eigenvalue weighted by Gasteiger charge is 2.25. The number of aryl methyl sites for hydroxylation is 1. The highest BCUT2D eigenvalue weighted by molar-refractivity contribution is 6.30. The summed E-state index contributed by atoms with van der Waals surface area (Å²) in [5.41, 5.74) is 1.79. The third kappa shape index (κ3) is 3.97. The number of hydrogen-bond donors (Lipinski definition) is 1. The van der Waals surface area contributed by atoms with Crippen molar-refractivity contribution in [2.45, 2.75) is 6.92 Å². The van der Waals surface area contributed by atoms with Crippen molar-refractivity contribution in [1.29, 1.82) is 0 Å². The number of fused-ring (bicyclic) bond motifs is 1. The van der Waals surface area contributed by atoms with Crippen molar-refractivity contribution in [3.8, 4) is 11.3 Å². The molecule has 34 heavy (non-hydrogen) atoms. The SMILES string of the molecule is Cc1ccc(C(=O)c2oc3ccccc3c2NC(=O)c2cc(-c3ccc(Cl)cc3)on2)cc1F. The first-order valence-corrected chi connectivity index (χ1v) is 10.6. The Hall–Kier alpha value is -4.23. The van der Waals surface area contributed by atoms with Crippen LogP contribution in [0.5, 0.6) is 0 Å². The number of carbonyl (C=O) groups excluding carboxylic acids is 2. The molecule has 0 saturated heterocycles. The monoisotopic (exact) mass is 474 g/mol. The molecule has 0 radical (unpaired) electrons. The van der Waals surface area contributed by atoms with Gasteiger partial charge >= 0.3 is 0 Å². The van der Waals surface area contributed by atoms with Crippen LogP contribution in [0.25, 0.3) is 22.3 Å². The molecule has 0 aliphatic heterocycles. The van der Waals surface area contributed by atoms with E-state index in [-0.39, 0.29) is 22.7 Å². The van der Waals surface area contributed by atoms with E-state index in [1.165, 1.54) is 18.2 Å². The van der Waals surface area contributed by atoms with Crippen LogP contribution in [-0.2, 0) is 0 Å². The second kappa shape index (κ2) is 8.61. The van der Waals surface area contributed by atoms with Crippen molar-refractivity contribution >= 4 is 39.9 Å². The lowest BCUT2D eigenvalue weighted by molar-refractivity contribution is 0.101. The van der Waals surface area contributed by atoms with E-state index in [4.69, 9.17) is 20.5 Å². The average Bonchev–Trinajstić information content (AvgIpc) is 3.47. The van der Waals surface area contributed by atoms with Crippen molar-refractivity contribution in [1.82, 2.24) is 5.16 Å². The zero-order chi connectivity index (χ0) is 23.8. The number of amides is 1. The Morgan fingerprint density at radius 1 is 1.00 bits per heavy atom. The summed E-state index contributed by atoms with van der Waals surface area (Å²) < 4.78 is 25.1. The van der Waals surface area contributed by atoms with E-state index < -0.39 is 17.5 Å². The number of nitrogens with zero attached hydrogens (tertiary/aromatic N) is 1. The largest absolute Gasteiger partial charge is 0.450 e. The summed E-state index contributed by atoms with van der Waals surface area (Å²) in [6, 6.07) is 19.4. The molecule has 5 aromatic rings. The minimum Gasteiger partial charge on any atom is -0.450 e. The van der Waals surface area contributed by atoms with Gasteiger partial charge in [0.25, 0.3) is 5.91 Å². The topological polar surface area (TPSA) is 85.3 Å². The van der Waals surface area contributed by atoms with E-state index in [2.05, 4.69) is 10.5 Å². The third-order valence-corrected chi connectivity index (χ3v) is 5.60. The summed E-state index contributed by atoms with van der Waals surface area (Å²) in [5.74, 6) is -1.40. The standard InChI is InChI=1S/C26H16ClFN2O4/c1-14-6-7-16(12-19(14)28)24(31)25-23(18-4-2-3-5-21(18)33-25)29-26(32)20-13-22(34-30-20)15-8-10-17(27)11-9-15/h2-13H,1H3,(H,29,32). The highest BCUT2D eigenvalue weighted by Crippen LogP contribution is 2.33. The summed E-state index contributed by atoms with van der Waals surface area (Å²) >= 11 is 5.92. The molecule has 3 aromatic carbocycles. The average molecular weight is 475 g/mol. The number of halogens is 2. The van der Waals surface area contributed by atoms with E-state index in [0.29, 0.717) is 32.9 Å². The normalized spacial score (nSPS) is 11.0. The molecule has 0 saturated carbocycles. The van der Waals surface area contributed by atoms with Crippen molar-refractivity contribution in [3.63, 3.8) is 0 Å². The zero-order valence-electron chi connectivity index (χ0n) is 17.8. The van der Waals surface area contributed by atoms with Gasteiger partial charge in [0.2, 0.25) is 5.78 Å². The van der Waals surface area contributed by atoms with Crippen molar-refractivity contribution in [2.75, 3.05) is 5.32 Å². The fraction of sp³-hybridized carbons (Fsp3) is 0.0385. The van der Waals surface area contributed by atoms with Crippen LogP contribution >= 0.6 is 11.6 Å². The molecule has 2 aromatic heterocycles. The molecular weight excluding hydrogens is 459 g/mol. The number of nitrogens with one attached hydrogen (secondary N) is 1. The summed E-state index contributed by atoms with van der Waals surface area (Å²) in [4.78, 5) is 26.2. The zero-order valence-corrected chi connectivity index (χ0v) is 18.5. The molecule has 168 valence electrons. The van der Waals surface area contributed by atoms with Crippen LogP contribution in [0.15, 0.2) is 81.7 Å². The van der Waals surface area contributed by atoms with Gasteiger partial charge in [0.1, 0.15) is 11.4 Å². The number of para-hydroxylation sites is 1. The van der Waals surface area contributed by atoms with Crippen LogP contribution < -0.4 is 5.32 Å². The fourth-order valence-electron chi connectivity index (χ4n) is 3.50. The molecule has 0 aliphatic rings. The molecular formula is C26H16ClFN2O4. The van der Waals surface area contributed by atoms with Gasteiger partial charge < -0.3 is 14.3 Å². The smallest absolute Gasteiger partial charge is 0.277 e. The van der Waals surface area contributed by atoms with Crippen LogP contribution in [0.1, 0.15) is 32.2 Å². The quantitative estimate of drug-likeness (QED) is 0.287. The Labute approximate surface area is 197 Å². The predicted molar refractivity (Wildman–Crippen MR) is 126 cm³/mol. The second-order valence-electron chi connectivity index (χ2n) is 7.63. The van der Waals surface area contributed by atoms with Gasteiger partial charge in [0, 0.05) is 27.6 Å². The van der Waals surface area contributed by atoms with Crippen LogP contribution in [0.3, 0.4) is 0 Å². The summed E-state index contributed by atoms with van der Waals surface area (Å²) in [5, 5.41) is 7.64. The molecule has 5 rings (SSSR count). The molecule has 1 N–H and O–H groups in total. The van der Waals surface area contributed by atoms with Gasteiger partial charge in [-0.3, -0.25) is 9.59 Å². The van der Waals surface area contributed by atoms with E-state index in [9.17, 15) is 14.0 Å². The molecule has 0 spiro atoms. The van der Waals surface area contributed by atoms with Gasteiger partial charge in [-0.05, 0) is 55.0 Å². The fourth-order valence-corrected chi connectivity index (χ4v) is 3.63. The first-order valence-electron chi connectivity index (χ1n) is 10.3. The minimum absolute atomic E-state index is 0.00927. The maximum absolute atomic E-state index is 14.1. The van der Waals surface area contributed by atoms with Crippen LogP contribution in [0, 0.1) is 12.7 Å². The van der Waals surface area contributed by atoms with Crippen molar-refractivity contribution < 1.29 is 22.9 Å². The Balaban J connectivity index is 1.50. The van der Waals surface area contributed by atoms with Gasteiger partial charge in [0.15, 0.2) is 17.2 Å². The molecule has 1 amide bonds. The molecule has 0 fully saturated rings. The maximum Gasteiger partial charge on any atom is 0.277 e. The third-order valence-electron chi connectivity index (χ3n) is 5.35. The van der Waals surface area contributed by atoms with Gasteiger partial charge in [-0.15, -0.1) is 0 Å². The van der Waals surface area contributed by atoms with Gasteiger partial charge in [-0.2, -0.15) is 0 Å². The Morgan fingerprint density at radius 3 is 2.53 bits per heavy atom. The van der Waals surface area contributed by atoms with E-state index in [1.807, 2.05) is 0 Å². The Morgan fingerprint density at radius 2 is 1.76 bits per heavy atom. The summed E-state index contributed by atoms with van der Waals surface area (Å²) in [7, 11) is 0. The van der Waals surface area contributed by atoms with Crippen LogP contribution in [0.4, 0.5) is 10.1 Å². The molecule has 0 atom stereocenters. The number of carbonyl (C=O) groups is 2. The molecule has 6 nitrogen and oxygen atoms in total. The molecule has 0 unspecified atom stereocenters. The highest BCUT2D eigenvalue weighted by atomic mass is 35.5. The van der Waals surface area contributed by atoms with Gasteiger partial charge in [0.05, 0.1) is 5.69 Å². The molecule has 2 heterocycles. The number of rotatable bonds is 5. The summed E-state index contributed by atoms with van der Waals surface area (Å²) in [6.07, 6.45) is 0. The lowest BCUT2D eigenvalue weighted by atomic mass is 10.0.